The fourth-order valence-electron chi connectivity index (χ4n) is 3.15. The van der Waals surface area contributed by atoms with Gasteiger partial charge in [-0.3, -0.25) is 4.79 Å². The molecule has 3 rings (SSSR count). The lowest BCUT2D eigenvalue weighted by molar-refractivity contribution is -0.115. The number of rotatable bonds is 7. The molecule has 0 aliphatic carbocycles. The van der Waals surface area contributed by atoms with Crippen LogP contribution in [0.3, 0.4) is 0 Å². The van der Waals surface area contributed by atoms with Gasteiger partial charge in [0.05, 0.1) is 17.9 Å². The number of halogens is 1. The Morgan fingerprint density at radius 1 is 1.11 bits per heavy atom. The lowest BCUT2D eigenvalue weighted by Gasteiger charge is -2.23. The molecule has 0 radical (unpaired) electrons. The molecule has 6 heteroatoms. The molecule has 5 nitrogen and oxygen atoms in total. The van der Waals surface area contributed by atoms with Crippen molar-refractivity contribution in [1.82, 2.24) is 15.1 Å². The van der Waals surface area contributed by atoms with Crippen LogP contribution in [0.1, 0.15) is 31.1 Å². The number of aryl methyl sites for hydroxylation is 1. The minimum Gasteiger partial charge on any atom is -0.309 e. The van der Waals surface area contributed by atoms with Gasteiger partial charge in [-0.2, -0.15) is 5.10 Å². The Labute approximate surface area is 164 Å². The molecule has 0 aliphatic rings. The van der Waals surface area contributed by atoms with Gasteiger partial charge >= 0.3 is 0 Å². The molecule has 0 bridgehead atoms. The number of carbonyl (C=O) groups excluding carboxylic acids is 1. The van der Waals surface area contributed by atoms with Crippen LogP contribution >= 0.6 is 0 Å². The molecule has 3 aromatic rings. The first-order chi connectivity index (χ1) is 13.4. The Morgan fingerprint density at radius 3 is 2.43 bits per heavy atom. The van der Waals surface area contributed by atoms with Gasteiger partial charge in [0, 0.05) is 12.1 Å². The van der Waals surface area contributed by atoms with Crippen molar-refractivity contribution >= 4 is 11.7 Å². The highest BCUT2D eigenvalue weighted by molar-refractivity contribution is 5.91. The smallest absolute Gasteiger partial charge is 0.239 e. The molecule has 1 atom stereocenters. The maximum Gasteiger partial charge on any atom is 0.239 e. The molecule has 1 heterocycles. The van der Waals surface area contributed by atoms with Crippen LogP contribution in [0.2, 0.25) is 0 Å². The van der Waals surface area contributed by atoms with Crippen LogP contribution in [-0.2, 0) is 4.79 Å². The summed E-state index contributed by atoms with van der Waals surface area (Å²) in [6.45, 7) is 6.15. The average molecular weight is 380 g/mol. The summed E-state index contributed by atoms with van der Waals surface area (Å²) >= 11 is 0. The van der Waals surface area contributed by atoms with E-state index in [1.54, 1.807) is 16.8 Å². The predicted molar refractivity (Wildman–Crippen MR) is 109 cm³/mol. The number of nitrogens with zero attached hydrogens (tertiary/aromatic N) is 2. The van der Waals surface area contributed by atoms with E-state index in [1.165, 1.54) is 12.1 Å². The number of aromatic nitrogens is 2. The van der Waals surface area contributed by atoms with Crippen molar-refractivity contribution < 1.29 is 9.18 Å². The largest absolute Gasteiger partial charge is 0.309 e. The maximum absolute atomic E-state index is 13.2. The number of benzene rings is 2. The Hall–Kier alpha value is -2.99. The topological polar surface area (TPSA) is 59.0 Å². The van der Waals surface area contributed by atoms with Crippen molar-refractivity contribution in [3.63, 3.8) is 0 Å². The second-order valence-corrected chi connectivity index (χ2v) is 7.12. The lowest BCUT2D eigenvalue weighted by Crippen LogP contribution is -2.34. The van der Waals surface area contributed by atoms with E-state index in [-0.39, 0.29) is 30.2 Å². The Morgan fingerprint density at radius 2 is 1.79 bits per heavy atom. The second kappa shape index (κ2) is 8.80. The first kappa shape index (κ1) is 19.8. The van der Waals surface area contributed by atoms with Crippen molar-refractivity contribution in [2.24, 2.45) is 5.92 Å². The maximum atomic E-state index is 13.2. The number of nitrogens with one attached hydrogen (secondary N) is 2. The molecule has 146 valence electrons. The molecule has 0 saturated carbocycles. The van der Waals surface area contributed by atoms with Crippen LogP contribution in [0.4, 0.5) is 10.2 Å². The minimum absolute atomic E-state index is 0.0490. The lowest BCUT2D eigenvalue weighted by atomic mass is 9.96. The number of anilines is 1. The second-order valence-electron chi connectivity index (χ2n) is 7.12. The van der Waals surface area contributed by atoms with Crippen LogP contribution in [-0.4, -0.2) is 22.2 Å². The first-order valence-electron chi connectivity index (χ1n) is 9.35. The van der Waals surface area contributed by atoms with E-state index in [4.69, 9.17) is 0 Å². The number of amides is 1. The van der Waals surface area contributed by atoms with E-state index < -0.39 is 0 Å². The van der Waals surface area contributed by atoms with Gasteiger partial charge in [0.2, 0.25) is 5.91 Å². The predicted octanol–water partition coefficient (Wildman–Crippen LogP) is 4.25. The summed E-state index contributed by atoms with van der Waals surface area (Å²) < 4.78 is 14.9. The van der Waals surface area contributed by atoms with Gasteiger partial charge < -0.3 is 10.6 Å². The SMILES string of the molecule is Cc1cc(NC(=O)CNC(c2ccc(F)cc2)C(C)C)n(-c2ccccc2)n1. The van der Waals surface area contributed by atoms with Crippen molar-refractivity contribution in [2.75, 3.05) is 11.9 Å². The van der Waals surface area contributed by atoms with Gasteiger partial charge in [0.1, 0.15) is 11.6 Å². The fourth-order valence-corrected chi connectivity index (χ4v) is 3.15. The van der Waals surface area contributed by atoms with E-state index in [0.29, 0.717) is 5.82 Å². The molecular formula is C22H25FN4O. The molecule has 28 heavy (non-hydrogen) atoms. The standard InChI is InChI=1S/C22H25FN4O/c1-15(2)22(17-9-11-18(23)12-10-17)24-14-21(28)25-20-13-16(3)26-27(20)19-7-5-4-6-8-19/h4-13,15,22,24H,14H2,1-3H3,(H,25,28). The van der Waals surface area contributed by atoms with Gasteiger partial charge in [0.25, 0.3) is 0 Å². The van der Waals surface area contributed by atoms with Crippen molar-refractivity contribution in [2.45, 2.75) is 26.8 Å². The third-order valence-electron chi connectivity index (χ3n) is 4.48. The van der Waals surface area contributed by atoms with Crippen LogP contribution in [0.15, 0.2) is 60.7 Å². The normalized spacial score (nSPS) is 12.2. The minimum atomic E-state index is -0.270. The quantitative estimate of drug-likeness (QED) is 0.644. The van der Waals surface area contributed by atoms with E-state index in [1.807, 2.05) is 43.3 Å². The van der Waals surface area contributed by atoms with E-state index in [9.17, 15) is 9.18 Å². The van der Waals surface area contributed by atoms with Crippen molar-refractivity contribution in [3.8, 4) is 5.69 Å². The molecule has 0 saturated heterocycles. The number of carbonyl (C=O) groups is 1. The molecule has 1 unspecified atom stereocenters. The third kappa shape index (κ3) is 4.84. The molecular weight excluding hydrogens is 355 g/mol. The highest BCUT2D eigenvalue weighted by Gasteiger charge is 2.17. The van der Waals surface area contributed by atoms with Crippen LogP contribution in [0.25, 0.3) is 5.69 Å². The monoisotopic (exact) mass is 380 g/mol. The van der Waals surface area contributed by atoms with Gasteiger partial charge in [-0.15, -0.1) is 0 Å². The molecule has 1 aromatic heterocycles. The average Bonchev–Trinajstić information content (AvgIpc) is 3.04. The highest BCUT2D eigenvalue weighted by atomic mass is 19.1. The Kier molecular flexibility index (Phi) is 6.21. The number of para-hydroxylation sites is 1. The van der Waals surface area contributed by atoms with E-state index in [2.05, 4.69) is 29.6 Å². The first-order valence-corrected chi connectivity index (χ1v) is 9.35. The van der Waals surface area contributed by atoms with Gasteiger partial charge in [-0.25, -0.2) is 9.07 Å². The Balaban J connectivity index is 1.68. The summed E-state index contributed by atoms with van der Waals surface area (Å²) in [4.78, 5) is 12.5. The van der Waals surface area contributed by atoms with E-state index in [0.717, 1.165) is 16.9 Å². The zero-order valence-electron chi connectivity index (χ0n) is 16.3. The fraction of sp³-hybridized carbons (Fsp3) is 0.273. The number of hydrogen-bond donors (Lipinski definition) is 2. The summed E-state index contributed by atoms with van der Waals surface area (Å²) in [5.74, 6) is 0.437. The zero-order chi connectivity index (χ0) is 20.1. The van der Waals surface area contributed by atoms with Crippen LogP contribution < -0.4 is 10.6 Å². The molecule has 2 N–H and O–H groups in total. The Bertz CT molecular complexity index is 919. The van der Waals surface area contributed by atoms with Crippen LogP contribution in [0.5, 0.6) is 0 Å². The summed E-state index contributed by atoms with van der Waals surface area (Å²) in [6, 6.07) is 17.8. The molecule has 0 fully saturated rings. The molecule has 0 aliphatic heterocycles. The van der Waals surface area contributed by atoms with Gasteiger partial charge in [0.15, 0.2) is 0 Å². The molecule has 2 aromatic carbocycles. The van der Waals surface area contributed by atoms with Crippen LogP contribution in [0, 0.1) is 18.7 Å². The summed E-state index contributed by atoms with van der Waals surface area (Å²) in [5.41, 5.74) is 2.65. The van der Waals surface area contributed by atoms with Gasteiger partial charge in [-0.1, -0.05) is 44.2 Å². The van der Waals surface area contributed by atoms with Crippen molar-refractivity contribution in [3.05, 3.63) is 77.7 Å². The summed E-state index contributed by atoms with van der Waals surface area (Å²) in [5, 5.41) is 10.7. The van der Waals surface area contributed by atoms with Crippen molar-refractivity contribution in [1.29, 1.82) is 0 Å². The number of hydrogen-bond acceptors (Lipinski definition) is 3. The van der Waals surface area contributed by atoms with Gasteiger partial charge in [-0.05, 0) is 42.7 Å². The highest BCUT2D eigenvalue weighted by Crippen LogP contribution is 2.22. The summed E-state index contributed by atoms with van der Waals surface area (Å²) in [7, 11) is 0. The third-order valence-corrected chi connectivity index (χ3v) is 4.48. The molecule has 1 amide bonds. The summed E-state index contributed by atoms with van der Waals surface area (Å²) in [6.07, 6.45) is 0. The van der Waals surface area contributed by atoms with E-state index >= 15 is 0 Å². The molecule has 0 spiro atoms. The zero-order valence-corrected chi connectivity index (χ0v) is 16.3.